The summed E-state index contributed by atoms with van der Waals surface area (Å²) in [6, 6.07) is 13.4. The van der Waals surface area contributed by atoms with Crippen LogP contribution in [0.4, 0.5) is 0 Å². The van der Waals surface area contributed by atoms with E-state index in [0.717, 1.165) is 25.0 Å². The lowest BCUT2D eigenvalue weighted by Crippen LogP contribution is -2.34. The highest BCUT2D eigenvalue weighted by molar-refractivity contribution is 5.84. The van der Waals surface area contributed by atoms with Crippen LogP contribution in [0.15, 0.2) is 61.1 Å². The summed E-state index contributed by atoms with van der Waals surface area (Å²) >= 11 is 0. The van der Waals surface area contributed by atoms with Gasteiger partial charge in [-0.2, -0.15) is 0 Å². The summed E-state index contributed by atoms with van der Waals surface area (Å²) in [7, 11) is 0. The number of benzene rings is 1. The molecule has 0 spiro atoms. The van der Waals surface area contributed by atoms with Crippen LogP contribution in [-0.4, -0.2) is 27.5 Å². The molecule has 1 aliphatic rings. The Hall–Kier alpha value is -2.85. The molecule has 124 valence electrons. The van der Waals surface area contributed by atoms with E-state index in [4.69, 9.17) is 0 Å². The minimum absolute atomic E-state index is 0.445. The first kappa shape index (κ1) is 14.5. The van der Waals surface area contributed by atoms with Crippen molar-refractivity contribution in [1.82, 2.24) is 20.3 Å². The van der Waals surface area contributed by atoms with E-state index in [1.165, 1.54) is 33.0 Å². The van der Waals surface area contributed by atoms with E-state index in [1.54, 1.807) is 0 Å². The van der Waals surface area contributed by atoms with Crippen LogP contribution in [0.5, 0.6) is 0 Å². The summed E-state index contributed by atoms with van der Waals surface area (Å²) in [6.45, 7) is 0.922. The van der Waals surface area contributed by atoms with Crippen LogP contribution in [0.2, 0.25) is 0 Å². The minimum atomic E-state index is 0.445. The lowest BCUT2D eigenvalue weighted by atomic mass is 9.91. The molecule has 5 rings (SSSR count). The van der Waals surface area contributed by atoms with Gasteiger partial charge in [0.05, 0.1) is 0 Å². The lowest BCUT2D eigenvalue weighted by molar-refractivity contribution is 0.534. The summed E-state index contributed by atoms with van der Waals surface area (Å²) < 4.78 is 0. The Morgan fingerprint density at radius 3 is 3.12 bits per heavy atom. The average Bonchev–Trinajstić information content (AvgIpc) is 3.28. The molecule has 0 bridgehead atoms. The zero-order chi connectivity index (χ0) is 16.6. The molecule has 4 nitrogen and oxygen atoms in total. The standard InChI is InChI=1S/C21H20N4/c1-2-19-17(13-25-21(19)24-7-1)12-18-11-15(5-8-22-18)14-3-4-20-16(10-14)6-9-23-20/h1-7,9-10,13,18,22-23H,8,11-12H2,(H,24,25). The maximum Gasteiger partial charge on any atom is 0.137 e. The molecule has 4 heterocycles. The molecule has 4 heteroatoms. The first-order chi connectivity index (χ1) is 12.4. The average molecular weight is 328 g/mol. The number of aromatic amines is 2. The third-order valence-corrected chi connectivity index (χ3v) is 5.15. The number of aromatic nitrogens is 3. The van der Waals surface area contributed by atoms with E-state index in [9.17, 15) is 0 Å². The molecule has 0 amide bonds. The number of hydrogen-bond donors (Lipinski definition) is 3. The Labute approximate surface area is 146 Å². The van der Waals surface area contributed by atoms with Gasteiger partial charge in [-0.25, -0.2) is 4.98 Å². The van der Waals surface area contributed by atoms with Gasteiger partial charge in [-0.15, -0.1) is 0 Å². The van der Waals surface area contributed by atoms with E-state index in [0.29, 0.717) is 6.04 Å². The van der Waals surface area contributed by atoms with Gasteiger partial charge < -0.3 is 15.3 Å². The van der Waals surface area contributed by atoms with Gasteiger partial charge in [0.25, 0.3) is 0 Å². The zero-order valence-electron chi connectivity index (χ0n) is 13.9. The lowest BCUT2D eigenvalue weighted by Gasteiger charge is -2.24. The fourth-order valence-electron chi connectivity index (χ4n) is 3.85. The maximum absolute atomic E-state index is 4.39. The Kier molecular flexibility index (Phi) is 3.42. The van der Waals surface area contributed by atoms with E-state index >= 15 is 0 Å². The molecule has 1 unspecified atom stereocenters. The number of fused-ring (bicyclic) bond motifs is 2. The van der Waals surface area contributed by atoms with Crippen LogP contribution < -0.4 is 5.32 Å². The van der Waals surface area contributed by atoms with Crippen molar-refractivity contribution in [3.8, 4) is 0 Å². The Balaban J connectivity index is 1.39. The molecule has 3 N–H and O–H groups in total. The molecule has 0 radical (unpaired) electrons. The highest BCUT2D eigenvalue weighted by atomic mass is 14.9. The maximum atomic E-state index is 4.39. The summed E-state index contributed by atoms with van der Waals surface area (Å²) in [4.78, 5) is 10.9. The molecule has 0 aliphatic carbocycles. The number of pyridine rings is 1. The van der Waals surface area contributed by atoms with Crippen LogP contribution in [0, 0.1) is 0 Å². The quantitative estimate of drug-likeness (QED) is 0.532. The van der Waals surface area contributed by atoms with Crippen LogP contribution in [0.1, 0.15) is 17.5 Å². The molecule has 4 aromatic rings. The van der Waals surface area contributed by atoms with Crippen molar-refractivity contribution in [1.29, 1.82) is 0 Å². The highest BCUT2D eigenvalue weighted by Gasteiger charge is 2.18. The monoisotopic (exact) mass is 328 g/mol. The number of hydrogen-bond acceptors (Lipinski definition) is 2. The fraction of sp³-hybridized carbons (Fsp3) is 0.190. The number of H-pyrrole nitrogens is 2. The second-order valence-electron chi connectivity index (χ2n) is 6.74. The number of nitrogens with one attached hydrogen (secondary N) is 3. The Morgan fingerprint density at radius 1 is 1.12 bits per heavy atom. The Bertz CT molecular complexity index is 1070. The minimum Gasteiger partial charge on any atom is -0.361 e. The number of rotatable bonds is 3. The van der Waals surface area contributed by atoms with Crippen LogP contribution in [0.25, 0.3) is 27.5 Å². The summed E-state index contributed by atoms with van der Waals surface area (Å²) in [5.74, 6) is 0. The van der Waals surface area contributed by atoms with Gasteiger partial charge in [-0.05, 0) is 65.3 Å². The summed E-state index contributed by atoms with van der Waals surface area (Å²) in [5, 5.41) is 6.14. The molecule has 0 saturated heterocycles. The van der Waals surface area contributed by atoms with Crippen molar-refractivity contribution in [2.75, 3.05) is 6.54 Å². The van der Waals surface area contributed by atoms with Crippen LogP contribution >= 0.6 is 0 Å². The van der Waals surface area contributed by atoms with Gasteiger partial charge >= 0.3 is 0 Å². The smallest absolute Gasteiger partial charge is 0.137 e. The second kappa shape index (κ2) is 5.90. The molecule has 0 fully saturated rings. The normalized spacial score (nSPS) is 17.9. The predicted octanol–water partition coefficient (Wildman–Crippen LogP) is 4.03. The molecule has 0 saturated carbocycles. The molecule has 1 aromatic carbocycles. The molecule has 25 heavy (non-hydrogen) atoms. The topological polar surface area (TPSA) is 56.5 Å². The van der Waals surface area contributed by atoms with Gasteiger partial charge in [-0.1, -0.05) is 12.1 Å². The number of nitrogens with zero attached hydrogens (tertiary/aromatic N) is 1. The van der Waals surface area contributed by atoms with Gasteiger partial charge in [0.1, 0.15) is 5.65 Å². The van der Waals surface area contributed by atoms with E-state index < -0.39 is 0 Å². The highest BCUT2D eigenvalue weighted by Crippen LogP contribution is 2.27. The fourth-order valence-corrected chi connectivity index (χ4v) is 3.85. The van der Waals surface area contributed by atoms with Crippen molar-refractivity contribution in [3.05, 3.63) is 72.2 Å². The van der Waals surface area contributed by atoms with Gasteiger partial charge in [0, 0.05) is 42.1 Å². The first-order valence-electron chi connectivity index (χ1n) is 8.78. The Morgan fingerprint density at radius 2 is 2.12 bits per heavy atom. The third-order valence-electron chi connectivity index (χ3n) is 5.15. The van der Waals surface area contributed by atoms with Crippen LogP contribution in [-0.2, 0) is 6.42 Å². The van der Waals surface area contributed by atoms with Gasteiger partial charge in [-0.3, -0.25) is 0 Å². The van der Waals surface area contributed by atoms with Gasteiger partial charge in [0.2, 0.25) is 0 Å². The van der Waals surface area contributed by atoms with E-state index in [-0.39, 0.29) is 0 Å². The predicted molar refractivity (Wildman–Crippen MR) is 102 cm³/mol. The van der Waals surface area contributed by atoms with E-state index in [2.05, 4.69) is 62.9 Å². The molecule has 1 atom stereocenters. The first-order valence-corrected chi connectivity index (χ1v) is 8.78. The molecular formula is C21H20N4. The van der Waals surface area contributed by atoms with Crippen molar-refractivity contribution in [3.63, 3.8) is 0 Å². The molecular weight excluding hydrogens is 308 g/mol. The van der Waals surface area contributed by atoms with E-state index in [1.807, 2.05) is 18.5 Å². The second-order valence-corrected chi connectivity index (χ2v) is 6.74. The molecule has 3 aromatic heterocycles. The summed E-state index contributed by atoms with van der Waals surface area (Å²) in [6.07, 6.45) is 10.3. The largest absolute Gasteiger partial charge is 0.361 e. The van der Waals surface area contributed by atoms with Crippen molar-refractivity contribution < 1.29 is 0 Å². The van der Waals surface area contributed by atoms with Crippen LogP contribution in [0.3, 0.4) is 0 Å². The van der Waals surface area contributed by atoms with Crippen molar-refractivity contribution in [2.24, 2.45) is 0 Å². The summed E-state index contributed by atoms with van der Waals surface area (Å²) in [5.41, 5.74) is 6.27. The third kappa shape index (κ3) is 2.65. The molecule has 1 aliphatic heterocycles. The van der Waals surface area contributed by atoms with Crippen molar-refractivity contribution in [2.45, 2.75) is 18.9 Å². The van der Waals surface area contributed by atoms with Gasteiger partial charge in [0.15, 0.2) is 0 Å². The zero-order valence-corrected chi connectivity index (χ0v) is 13.9. The van der Waals surface area contributed by atoms with Crippen molar-refractivity contribution >= 4 is 27.5 Å². The SMILES string of the molecule is C1=C(c2ccc3[nH]ccc3c2)CC(Cc2c[nH]c3ncccc23)NC1.